The zero-order valence-electron chi connectivity index (χ0n) is 9.65. The van der Waals surface area contributed by atoms with Crippen LogP contribution in [0.4, 0.5) is 5.13 Å². The lowest BCUT2D eigenvalue weighted by Crippen LogP contribution is -2.20. The van der Waals surface area contributed by atoms with E-state index in [-0.39, 0.29) is 0 Å². The standard InChI is InChI=1S/C11H19N3OS/c1-2-12-11-13-5-10(16-11)7-14-4-3-9(6-14)8-15/h5,9,15H,2-4,6-8H2,1H3,(H,12,13). The highest BCUT2D eigenvalue weighted by atomic mass is 32.1. The van der Waals surface area contributed by atoms with Crippen molar-refractivity contribution in [1.82, 2.24) is 9.88 Å². The summed E-state index contributed by atoms with van der Waals surface area (Å²) in [4.78, 5) is 8.01. The van der Waals surface area contributed by atoms with Gasteiger partial charge in [-0.3, -0.25) is 4.90 Å². The summed E-state index contributed by atoms with van der Waals surface area (Å²) >= 11 is 1.73. The second-order valence-electron chi connectivity index (χ2n) is 4.23. The molecule has 1 saturated heterocycles. The summed E-state index contributed by atoms with van der Waals surface area (Å²) in [6.07, 6.45) is 3.07. The second-order valence-corrected chi connectivity index (χ2v) is 5.35. The average Bonchev–Trinajstić information content (AvgIpc) is 2.89. The summed E-state index contributed by atoms with van der Waals surface area (Å²) < 4.78 is 0. The highest BCUT2D eigenvalue weighted by molar-refractivity contribution is 7.15. The Hall–Kier alpha value is -0.650. The molecule has 0 aliphatic carbocycles. The summed E-state index contributed by atoms with van der Waals surface area (Å²) in [5.41, 5.74) is 0. The van der Waals surface area contributed by atoms with Crippen molar-refractivity contribution in [3.8, 4) is 0 Å². The summed E-state index contributed by atoms with van der Waals surface area (Å²) in [5.74, 6) is 0.473. The molecule has 1 aromatic rings. The van der Waals surface area contributed by atoms with Gasteiger partial charge in [-0.2, -0.15) is 0 Å². The molecule has 90 valence electrons. The Morgan fingerprint density at radius 1 is 1.69 bits per heavy atom. The van der Waals surface area contributed by atoms with E-state index >= 15 is 0 Å². The van der Waals surface area contributed by atoms with Crippen molar-refractivity contribution >= 4 is 16.5 Å². The molecule has 2 heterocycles. The molecule has 1 aromatic heterocycles. The maximum atomic E-state index is 9.08. The van der Waals surface area contributed by atoms with Gasteiger partial charge in [0.25, 0.3) is 0 Å². The quantitative estimate of drug-likeness (QED) is 0.818. The van der Waals surface area contributed by atoms with Crippen molar-refractivity contribution in [2.75, 3.05) is 31.6 Å². The molecule has 0 spiro atoms. The third kappa shape index (κ3) is 2.93. The van der Waals surface area contributed by atoms with Crippen LogP contribution in [-0.4, -0.2) is 41.2 Å². The van der Waals surface area contributed by atoms with Gasteiger partial charge in [-0.15, -0.1) is 11.3 Å². The van der Waals surface area contributed by atoms with E-state index in [0.717, 1.165) is 37.7 Å². The first-order chi connectivity index (χ1) is 7.81. The molecule has 4 nitrogen and oxygen atoms in total. The number of likely N-dealkylation sites (tertiary alicyclic amines) is 1. The number of nitrogens with one attached hydrogen (secondary N) is 1. The molecule has 16 heavy (non-hydrogen) atoms. The van der Waals surface area contributed by atoms with Crippen LogP contribution >= 0.6 is 11.3 Å². The number of hydrogen-bond donors (Lipinski definition) is 2. The summed E-state index contributed by atoms with van der Waals surface area (Å²) in [5, 5.41) is 13.3. The van der Waals surface area contributed by atoms with Crippen LogP contribution in [0.5, 0.6) is 0 Å². The zero-order valence-corrected chi connectivity index (χ0v) is 10.5. The van der Waals surface area contributed by atoms with Crippen molar-refractivity contribution in [2.45, 2.75) is 19.9 Å². The Morgan fingerprint density at radius 3 is 3.25 bits per heavy atom. The smallest absolute Gasteiger partial charge is 0.182 e. The molecule has 1 unspecified atom stereocenters. The maximum Gasteiger partial charge on any atom is 0.182 e. The van der Waals surface area contributed by atoms with Crippen LogP contribution in [0.2, 0.25) is 0 Å². The molecular weight excluding hydrogens is 222 g/mol. The van der Waals surface area contributed by atoms with Gasteiger partial charge in [0, 0.05) is 37.3 Å². The van der Waals surface area contributed by atoms with Crippen LogP contribution < -0.4 is 5.32 Å². The fourth-order valence-corrected chi connectivity index (χ4v) is 2.96. The molecule has 0 bridgehead atoms. The monoisotopic (exact) mass is 241 g/mol. The third-order valence-electron chi connectivity index (χ3n) is 2.89. The van der Waals surface area contributed by atoms with Crippen LogP contribution in [0.3, 0.4) is 0 Å². The Balaban J connectivity index is 1.84. The number of aliphatic hydroxyl groups excluding tert-OH is 1. The molecule has 1 aliphatic rings. The lowest BCUT2D eigenvalue weighted by Gasteiger charge is -2.13. The molecular formula is C11H19N3OS. The first kappa shape index (κ1) is 11.8. The minimum atomic E-state index is 0.321. The van der Waals surface area contributed by atoms with Gasteiger partial charge in [-0.25, -0.2) is 4.98 Å². The van der Waals surface area contributed by atoms with Gasteiger partial charge in [-0.1, -0.05) is 0 Å². The molecule has 0 amide bonds. The van der Waals surface area contributed by atoms with Crippen molar-refractivity contribution < 1.29 is 5.11 Å². The molecule has 1 aliphatic heterocycles. The van der Waals surface area contributed by atoms with E-state index in [1.807, 2.05) is 6.20 Å². The van der Waals surface area contributed by atoms with Gasteiger partial charge in [0.1, 0.15) is 0 Å². The number of anilines is 1. The van der Waals surface area contributed by atoms with Crippen LogP contribution in [0, 0.1) is 5.92 Å². The summed E-state index contributed by atoms with van der Waals surface area (Å²) in [7, 11) is 0. The predicted octanol–water partition coefficient (Wildman–Crippen LogP) is 1.39. The predicted molar refractivity (Wildman–Crippen MR) is 66.7 cm³/mol. The van der Waals surface area contributed by atoms with Crippen LogP contribution in [0.25, 0.3) is 0 Å². The van der Waals surface area contributed by atoms with Gasteiger partial charge >= 0.3 is 0 Å². The molecule has 0 radical (unpaired) electrons. The minimum absolute atomic E-state index is 0.321. The topological polar surface area (TPSA) is 48.4 Å². The highest BCUT2D eigenvalue weighted by Gasteiger charge is 2.22. The SMILES string of the molecule is CCNc1ncc(CN2CCC(CO)C2)s1. The van der Waals surface area contributed by atoms with E-state index in [1.165, 1.54) is 4.88 Å². The largest absolute Gasteiger partial charge is 0.396 e. The number of aliphatic hydroxyl groups is 1. The normalized spacial score (nSPS) is 21.5. The minimum Gasteiger partial charge on any atom is -0.396 e. The van der Waals surface area contributed by atoms with E-state index in [1.54, 1.807) is 11.3 Å². The van der Waals surface area contributed by atoms with Crippen molar-refractivity contribution in [1.29, 1.82) is 0 Å². The molecule has 2 N–H and O–H groups in total. The van der Waals surface area contributed by atoms with Crippen molar-refractivity contribution in [3.05, 3.63) is 11.1 Å². The molecule has 5 heteroatoms. The molecule has 0 saturated carbocycles. The Kier molecular flexibility index (Phi) is 4.15. The Morgan fingerprint density at radius 2 is 2.56 bits per heavy atom. The van der Waals surface area contributed by atoms with Crippen LogP contribution in [-0.2, 0) is 6.54 Å². The van der Waals surface area contributed by atoms with Gasteiger partial charge in [-0.05, 0) is 25.8 Å². The summed E-state index contributed by atoms with van der Waals surface area (Å²) in [6, 6.07) is 0. The second kappa shape index (κ2) is 5.61. The van der Waals surface area contributed by atoms with E-state index in [4.69, 9.17) is 5.11 Å². The third-order valence-corrected chi connectivity index (χ3v) is 3.83. The fraction of sp³-hybridized carbons (Fsp3) is 0.727. The average molecular weight is 241 g/mol. The number of thiazole rings is 1. The Bertz CT molecular complexity index is 329. The first-order valence-corrected chi connectivity index (χ1v) is 6.65. The number of nitrogens with zero attached hydrogens (tertiary/aromatic N) is 2. The van der Waals surface area contributed by atoms with Gasteiger partial charge in [0.2, 0.25) is 0 Å². The fourth-order valence-electron chi connectivity index (χ4n) is 2.04. The van der Waals surface area contributed by atoms with Crippen LogP contribution in [0.15, 0.2) is 6.20 Å². The van der Waals surface area contributed by atoms with Gasteiger partial charge in [0.15, 0.2) is 5.13 Å². The summed E-state index contributed by atoms with van der Waals surface area (Å²) in [6.45, 7) is 6.41. The molecule has 0 aromatic carbocycles. The van der Waals surface area contributed by atoms with Crippen molar-refractivity contribution in [3.63, 3.8) is 0 Å². The molecule has 1 atom stereocenters. The highest BCUT2D eigenvalue weighted by Crippen LogP contribution is 2.23. The van der Waals surface area contributed by atoms with Crippen molar-refractivity contribution in [2.24, 2.45) is 5.92 Å². The number of aromatic nitrogens is 1. The van der Waals surface area contributed by atoms with Gasteiger partial charge < -0.3 is 10.4 Å². The lowest BCUT2D eigenvalue weighted by molar-refractivity contribution is 0.220. The van der Waals surface area contributed by atoms with E-state index in [0.29, 0.717) is 12.5 Å². The molecule has 1 fully saturated rings. The van der Waals surface area contributed by atoms with Gasteiger partial charge in [0.05, 0.1) is 0 Å². The molecule has 2 rings (SSSR count). The Labute approximate surface area is 100 Å². The van der Waals surface area contributed by atoms with E-state index in [9.17, 15) is 0 Å². The number of rotatable bonds is 5. The maximum absolute atomic E-state index is 9.08. The zero-order chi connectivity index (χ0) is 11.4. The number of hydrogen-bond acceptors (Lipinski definition) is 5. The lowest BCUT2D eigenvalue weighted by atomic mass is 10.1. The van der Waals surface area contributed by atoms with E-state index in [2.05, 4.69) is 22.1 Å². The van der Waals surface area contributed by atoms with E-state index < -0.39 is 0 Å². The van der Waals surface area contributed by atoms with Crippen LogP contribution in [0.1, 0.15) is 18.2 Å². The first-order valence-electron chi connectivity index (χ1n) is 5.83.